The molecule has 0 N–H and O–H groups in total. The van der Waals surface area contributed by atoms with Crippen molar-refractivity contribution in [1.82, 2.24) is 0 Å². The summed E-state index contributed by atoms with van der Waals surface area (Å²) in [5.74, 6) is 0. The van der Waals surface area contributed by atoms with Crippen molar-refractivity contribution < 1.29 is 8.83 Å². The highest BCUT2D eigenvalue weighted by molar-refractivity contribution is 6.90. The molecule has 6 heteroatoms. The van der Waals surface area contributed by atoms with Gasteiger partial charge in [0.1, 0.15) is 11.2 Å². The van der Waals surface area contributed by atoms with Crippen molar-refractivity contribution in [2.45, 2.75) is 38.8 Å². The summed E-state index contributed by atoms with van der Waals surface area (Å²) in [5.41, 5.74) is 11.5. The molecule has 0 aliphatic carbocycles. The molecule has 12 aromatic carbocycles. The molecule has 0 aliphatic heterocycles. The van der Waals surface area contributed by atoms with Gasteiger partial charge in [0.15, 0.2) is 11.2 Å². The standard InChI is InChI=1S/C66H52N2O2Si2/c1-71(2)40-48-18-10-19-52-53-20-12-24-59(65(53)69-63(48)52)68(50-33-29-42-15-7-9-17-45(42)37-50)57-35-31-43-26-27-46-38-51(39-47-30-34-56(57)62(43)61(46)47)67(49-32-28-41-14-6-8-16-44(41)36-49)58-23-11-21-54-55-22-13-25-60(72(3,4)5)66(55)70-64(54)58/h6-39,71H,40H2,1-5H3. The Balaban J connectivity index is 0.999. The van der Waals surface area contributed by atoms with Crippen LogP contribution in [0.2, 0.25) is 32.7 Å². The molecule has 0 bridgehead atoms. The van der Waals surface area contributed by atoms with Crippen LogP contribution in [-0.4, -0.2) is 16.9 Å². The lowest BCUT2D eigenvalue weighted by Crippen LogP contribution is -2.37. The molecule has 0 saturated carbocycles. The maximum atomic E-state index is 7.13. The first-order valence-corrected chi connectivity index (χ1v) is 31.9. The van der Waals surface area contributed by atoms with Crippen LogP contribution in [-0.2, 0) is 6.04 Å². The van der Waals surface area contributed by atoms with Gasteiger partial charge in [0.2, 0.25) is 0 Å². The average Bonchev–Trinajstić information content (AvgIpc) is 3.98. The Bertz CT molecular complexity index is 4460. The van der Waals surface area contributed by atoms with E-state index < -0.39 is 16.9 Å². The largest absolute Gasteiger partial charge is 0.454 e. The smallest absolute Gasteiger partial charge is 0.159 e. The molecule has 4 nitrogen and oxygen atoms in total. The SMILES string of the molecule is C[SiH](C)Cc1cccc2c1oc1c(N(c3ccc4ccccc4c3)c3ccc4ccc5cc(N(c6ccc7ccccc7c6)c6cccc7c6oc6c([Si](C)(C)C)cccc67)cc6ccc3c4c56)cccc12. The normalized spacial score (nSPS) is 12.4. The van der Waals surface area contributed by atoms with E-state index in [9.17, 15) is 0 Å². The molecular weight excluding hydrogens is 909 g/mol. The van der Waals surface area contributed by atoms with Crippen LogP contribution in [0.4, 0.5) is 34.1 Å². The zero-order valence-corrected chi connectivity index (χ0v) is 43.3. The van der Waals surface area contributed by atoms with Gasteiger partial charge < -0.3 is 18.6 Å². The fourth-order valence-electron chi connectivity index (χ4n) is 11.8. The number of furan rings is 2. The van der Waals surface area contributed by atoms with Crippen molar-refractivity contribution in [3.05, 3.63) is 212 Å². The fourth-order valence-corrected chi connectivity index (χ4v) is 14.5. The van der Waals surface area contributed by atoms with E-state index in [-0.39, 0.29) is 0 Å². The van der Waals surface area contributed by atoms with Gasteiger partial charge in [-0.1, -0.05) is 184 Å². The number of hydrogen-bond acceptors (Lipinski definition) is 4. The van der Waals surface area contributed by atoms with Crippen LogP contribution in [0.3, 0.4) is 0 Å². The second kappa shape index (κ2) is 16.2. The Kier molecular flexibility index (Phi) is 9.60. The number of anilines is 6. The van der Waals surface area contributed by atoms with Gasteiger partial charge >= 0.3 is 0 Å². The molecule has 346 valence electrons. The lowest BCUT2D eigenvalue weighted by Gasteiger charge is -2.29. The van der Waals surface area contributed by atoms with Crippen molar-refractivity contribution in [3.63, 3.8) is 0 Å². The van der Waals surface area contributed by atoms with Crippen LogP contribution in [0.15, 0.2) is 215 Å². The number of nitrogens with zero attached hydrogens (tertiary/aromatic N) is 2. The van der Waals surface area contributed by atoms with E-state index in [0.29, 0.717) is 0 Å². The van der Waals surface area contributed by atoms with Gasteiger partial charge in [-0.15, -0.1) is 0 Å². The number of benzene rings is 12. The number of hydrogen-bond donors (Lipinski definition) is 0. The Hall–Kier alpha value is -8.17. The molecule has 14 aromatic rings. The predicted molar refractivity (Wildman–Crippen MR) is 315 cm³/mol. The number of rotatable bonds is 9. The monoisotopic (exact) mass is 960 g/mol. The number of fused-ring (bicyclic) bond motifs is 8. The quantitative estimate of drug-likeness (QED) is 0.107. The van der Waals surface area contributed by atoms with Gasteiger partial charge in [-0.3, -0.25) is 0 Å². The van der Waals surface area contributed by atoms with Crippen LogP contribution < -0.4 is 15.0 Å². The summed E-state index contributed by atoms with van der Waals surface area (Å²) < 4.78 is 14.2. The molecule has 0 amide bonds. The van der Waals surface area contributed by atoms with Gasteiger partial charge in [-0.2, -0.15) is 0 Å². The molecular formula is C66H52N2O2Si2. The summed E-state index contributed by atoms with van der Waals surface area (Å²) in [6.07, 6.45) is 0. The third kappa shape index (κ3) is 6.70. The van der Waals surface area contributed by atoms with Crippen LogP contribution in [0, 0.1) is 0 Å². The first kappa shape index (κ1) is 42.7. The molecule has 0 saturated heterocycles. The van der Waals surface area contributed by atoms with Gasteiger partial charge in [-0.05, 0) is 120 Å². The first-order chi connectivity index (χ1) is 35.1. The van der Waals surface area contributed by atoms with E-state index >= 15 is 0 Å². The Morgan fingerprint density at radius 1 is 0.361 bits per heavy atom. The lowest BCUT2D eigenvalue weighted by atomic mass is 9.92. The fraction of sp³-hybridized carbons (Fsp3) is 0.0909. The molecule has 0 unspecified atom stereocenters. The van der Waals surface area contributed by atoms with Crippen molar-refractivity contribution >= 4 is 154 Å². The molecule has 0 aliphatic rings. The molecule has 14 rings (SSSR count). The lowest BCUT2D eigenvalue weighted by molar-refractivity contribution is 0.665. The van der Waals surface area contributed by atoms with E-state index in [0.717, 1.165) is 73.3 Å². The van der Waals surface area contributed by atoms with Gasteiger partial charge in [0, 0.05) is 52.8 Å². The maximum absolute atomic E-state index is 7.13. The first-order valence-electron chi connectivity index (χ1n) is 25.3. The minimum atomic E-state index is -1.73. The third-order valence-electron chi connectivity index (χ3n) is 15.0. The molecule has 0 fully saturated rings. The highest BCUT2D eigenvalue weighted by Crippen LogP contribution is 2.50. The zero-order valence-electron chi connectivity index (χ0n) is 41.1. The Labute approximate surface area is 420 Å². The van der Waals surface area contributed by atoms with Crippen molar-refractivity contribution in [3.8, 4) is 0 Å². The van der Waals surface area contributed by atoms with Crippen LogP contribution >= 0.6 is 0 Å². The van der Waals surface area contributed by atoms with Gasteiger partial charge in [-0.25, -0.2) is 0 Å². The summed E-state index contributed by atoms with van der Waals surface area (Å²) in [4.78, 5) is 4.85. The summed E-state index contributed by atoms with van der Waals surface area (Å²) in [6.45, 7) is 12.0. The van der Waals surface area contributed by atoms with E-state index in [4.69, 9.17) is 8.83 Å². The Morgan fingerprint density at radius 2 is 0.847 bits per heavy atom. The molecule has 0 radical (unpaired) electrons. The van der Waals surface area contributed by atoms with Crippen molar-refractivity contribution in [2.75, 3.05) is 9.80 Å². The highest BCUT2D eigenvalue weighted by Gasteiger charge is 2.27. The molecule has 0 atom stereocenters. The Morgan fingerprint density at radius 3 is 1.49 bits per heavy atom. The molecule has 2 heterocycles. The molecule has 0 spiro atoms. The van der Waals surface area contributed by atoms with E-state index in [1.165, 1.54) is 75.4 Å². The summed E-state index contributed by atoms with van der Waals surface area (Å²) in [6, 6.07) is 77.3. The summed E-state index contributed by atoms with van der Waals surface area (Å²) >= 11 is 0. The average molecular weight is 961 g/mol. The van der Waals surface area contributed by atoms with Crippen LogP contribution in [0.5, 0.6) is 0 Å². The zero-order chi connectivity index (χ0) is 48.4. The topological polar surface area (TPSA) is 32.8 Å². The molecule has 72 heavy (non-hydrogen) atoms. The van der Waals surface area contributed by atoms with E-state index in [2.05, 4.69) is 249 Å². The summed E-state index contributed by atoms with van der Waals surface area (Å²) in [7, 11) is -2.65. The van der Waals surface area contributed by atoms with Crippen LogP contribution in [0.1, 0.15) is 5.56 Å². The highest BCUT2D eigenvalue weighted by atomic mass is 28.3. The summed E-state index contributed by atoms with van der Waals surface area (Å²) in [5, 5.41) is 18.0. The van der Waals surface area contributed by atoms with E-state index in [1.54, 1.807) is 0 Å². The van der Waals surface area contributed by atoms with Crippen molar-refractivity contribution in [1.29, 1.82) is 0 Å². The van der Waals surface area contributed by atoms with Crippen LogP contribution in [0.25, 0.3) is 97.7 Å². The minimum Gasteiger partial charge on any atom is -0.454 e. The minimum absolute atomic E-state index is 0.896. The second-order valence-electron chi connectivity index (χ2n) is 21.2. The van der Waals surface area contributed by atoms with Gasteiger partial charge in [0.25, 0.3) is 0 Å². The van der Waals surface area contributed by atoms with Gasteiger partial charge in [0.05, 0.1) is 25.1 Å². The second-order valence-corrected chi connectivity index (χ2v) is 29.4. The maximum Gasteiger partial charge on any atom is 0.159 e. The van der Waals surface area contributed by atoms with E-state index in [1.807, 2.05) is 0 Å². The predicted octanol–water partition coefficient (Wildman–Crippen LogP) is 18.7. The van der Waals surface area contributed by atoms with Crippen molar-refractivity contribution in [2.24, 2.45) is 0 Å². The number of para-hydroxylation sites is 4. The molecule has 2 aromatic heterocycles. The third-order valence-corrected chi connectivity index (χ3v) is 18.3.